The molecule has 10 nitrogen and oxygen atoms in total. The van der Waals surface area contributed by atoms with E-state index in [9.17, 15) is 30.6 Å². The van der Waals surface area contributed by atoms with Gasteiger partial charge in [0, 0.05) is 16.7 Å². The summed E-state index contributed by atoms with van der Waals surface area (Å²) in [6.45, 7) is 0. The molecule has 0 fully saturated rings. The predicted octanol–water partition coefficient (Wildman–Crippen LogP) is 13.6. The van der Waals surface area contributed by atoms with Crippen molar-refractivity contribution in [1.82, 2.24) is 0 Å². The maximum absolute atomic E-state index is 16.0. The highest BCUT2D eigenvalue weighted by Crippen LogP contribution is 2.56. The Labute approximate surface area is 374 Å². The van der Waals surface area contributed by atoms with Gasteiger partial charge in [-0.1, -0.05) is 91.0 Å². The van der Waals surface area contributed by atoms with Gasteiger partial charge in [0.2, 0.25) is 0 Å². The predicted molar refractivity (Wildman–Crippen MR) is 251 cm³/mol. The minimum absolute atomic E-state index is 0.0305. The van der Waals surface area contributed by atoms with Gasteiger partial charge in [-0.2, -0.15) is 4.57 Å². The number of hydrogen-bond acceptors (Lipinski definition) is 10. The summed E-state index contributed by atoms with van der Waals surface area (Å²) in [6, 6.07) is 54.8. The molecule has 0 unspecified atom stereocenters. The molecule has 6 N–H and O–H groups in total. The van der Waals surface area contributed by atoms with E-state index in [-0.39, 0.29) is 51.7 Å². The summed E-state index contributed by atoms with van der Waals surface area (Å²) in [5, 5.41) is 62.9. The van der Waals surface area contributed by atoms with E-state index in [0.29, 0.717) is 66.8 Å². The summed E-state index contributed by atoms with van der Waals surface area (Å²) in [7, 11) is -4.96. The summed E-state index contributed by atoms with van der Waals surface area (Å²) in [6.07, 6.45) is 0. The highest BCUT2D eigenvalue weighted by Gasteiger charge is 2.37. The van der Waals surface area contributed by atoms with E-state index in [0.717, 1.165) is 0 Å². The standard InChI is InChI=1S/C54H39O10P/c55-43-13-1-7-34(25-43)37-19-22-52(49(31-37)40-10-4-16-46(58)28-40)62-65(61,63-53-23-20-38(35-8-2-14-44(56)26-35)32-50(53)41-11-5-17-47(59)29-41)64-54-24-21-39(36-9-3-15-45(57)27-36)33-51(54)42-12-6-18-48(60)30-42/h1-33,55-60H. The minimum Gasteiger partial charge on any atom is -0.508 e. The van der Waals surface area contributed by atoms with Gasteiger partial charge in [-0.05, 0) is 159 Å². The molecule has 9 aromatic carbocycles. The number of hydrogen-bond donors (Lipinski definition) is 6. The first-order valence-corrected chi connectivity index (χ1v) is 21.8. The summed E-state index contributed by atoms with van der Waals surface area (Å²) in [5.74, 6) is 0.233. The Morgan fingerprint density at radius 1 is 0.262 bits per heavy atom. The van der Waals surface area contributed by atoms with Crippen LogP contribution in [0.2, 0.25) is 0 Å². The molecule has 0 aliphatic rings. The molecule has 0 amide bonds. The van der Waals surface area contributed by atoms with Crippen molar-refractivity contribution in [3.63, 3.8) is 0 Å². The third-order valence-corrected chi connectivity index (χ3v) is 11.8. The van der Waals surface area contributed by atoms with Gasteiger partial charge in [-0.25, -0.2) is 0 Å². The van der Waals surface area contributed by atoms with Crippen molar-refractivity contribution in [3.8, 4) is 119 Å². The molecule has 320 valence electrons. The van der Waals surface area contributed by atoms with Crippen molar-refractivity contribution in [2.75, 3.05) is 0 Å². The van der Waals surface area contributed by atoms with E-state index in [2.05, 4.69) is 0 Å². The molecule has 11 heteroatoms. The normalized spacial score (nSPS) is 11.2. The third kappa shape index (κ3) is 9.44. The Morgan fingerprint density at radius 3 is 0.723 bits per heavy atom. The zero-order chi connectivity index (χ0) is 45.1. The van der Waals surface area contributed by atoms with E-state index in [1.165, 1.54) is 36.4 Å². The van der Waals surface area contributed by atoms with E-state index < -0.39 is 7.82 Å². The topological polar surface area (TPSA) is 166 Å². The average molecular weight is 879 g/mol. The Kier molecular flexibility index (Phi) is 11.3. The molecule has 9 rings (SSSR count). The first-order valence-electron chi connectivity index (χ1n) is 20.3. The van der Waals surface area contributed by atoms with Crippen LogP contribution in [0.4, 0.5) is 0 Å². The van der Waals surface area contributed by atoms with Gasteiger partial charge >= 0.3 is 7.82 Å². The van der Waals surface area contributed by atoms with Crippen LogP contribution in [0.1, 0.15) is 0 Å². The fourth-order valence-electron chi connectivity index (χ4n) is 7.54. The van der Waals surface area contributed by atoms with Gasteiger partial charge in [-0.15, -0.1) is 0 Å². The summed E-state index contributed by atoms with van der Waals surface area (Å²) >= 11 is 0. The number of rotatable bonds is 12. The molecule has 0 saturated heterocycles. The van der Waals surface area contributed by atoms with Crippen LogP contribution in [0.3, 0.4) is 0 Å². The molecule has 0 spiro atoms. The first kappa shape index (κ1) is 41.7. The second-order valence-electron chi connectivity index (χ2n) is 15.2. The lowest BCUT2D eigenvalue weighted by Gasteiger charge is -2.24. The molecule has 0 aliphatic heterocycles. The number of benzene rings is 9. The molecule has 0 heterocycles. The lowest BCUT2D eigenvalue weighted by atomic mass is 9.98. The molecule has 9 aromatic rings. The Bertz CT molecular complexity index is 2930. The van der Waals surface area contributed by atoms with Crippen molar-refractivity contribution < 1.29 is 48.8 Å². The zero-order valence-corrected chi connectivity index (χ0v) is 35.2. The average Bonchev–Trinajstić information content (AvgIpc) is 3.29. The van der Waals surface area contributed by atoms with Gasteiger partial charge in [0.15, 0.2) is 0 Å². The van der Waals surface area contributed by atoms with Crippen molar-refractivity contribution in [1.29, 1.82) is 0 Å². The summed E-state index contributed by atoms with van der Waals surface area (Å²) in [5.41, 5.74) is 6.75. The molecule has 65 heavy (non-hydrogen) atoms. The van der Waals surface area contributed by atoms with Gasteiger partial charge < -0.3 is 44.2 Å². The van der Waals surface area contributed by atoms with Gasteiger partial charge in [-0.3, -0.25) is 0 Å². The minimum atomic E-state index is -4.96. The van der Waals surface area contributed by atoms with Crippen LogP contribution in [-0.2, 0) is 4.57 Å². The molecule has 0 aliphatic carbocycles. The van der Waals surface area contributed by atoms with Crippen LogP contribution in [0.15, 0.2) is 200 Å². The van der Waals surface area contributed by atoms with Crippen LogP contribution in [0, 0.1) is 0 Å². The molecule has 0 saturated carbocycles. The summed E-state index contributed by atoms with van der Waals surface area (Å²) in [4.78, 5) is 0. The Morgan fingerprint density at radius 2 is 0.477 bits per heavy atom. The van der Waals surface area contributed by atoms with Gasteiger partial charge in [0.1, 0.15) is 51.7 Å². The van der Waals surface area contributed by atoms with E-state index >= 15 is 4.57 Å². The maximum atomic E-state index is 16.0. The second kappa shape index (κ2) is 17.6. The van der Waals surface area contributed by atoms with Crippen molar-refractivity contribution in [2.45, 2.75) is 0 Å². The van der Waals surface area contributed by atoms with Crippen LogP contribution in [0.25, 0.3) is 66.8 Å². The Balaban J connectivity index is 1.23. The maximum Gasteiger partial charge on any atom is 0.647 e. The van der Waals surface area contributed by atoms with Crippen LogP contribution in [-0.4, -0.2) is 30.6 Å². The fourth-order valence-corrected chi connectivity index (χ4v) is 8.85. The van der Waals surface area contributed by atoms with E-state index in [1.807, 2.05) is 18.2 Å². The van der Waals surface area contributed by atoms with Crippen molar-refractivity contribution in [3.05, 3.63) is 200 Å². The monoisotopic (exact) mass is 878 g/mol. The first-order chi connectivity index (χ1) is 31.4. The zero-order valence-electron chi connectivity index (χ0n) is 34.3. The van der Waals surface area contributed by atoms with Crippen LogP contribution >= 0.6 is 7.82 Å². The second-order valence-corrected chi connectivity index (χ2v) is 16.6. The van der Waals surface area contributed by atoms with E-state index in [1.54, 1.807) is 146 Å². The van der Waals surface area contributed by atoms with Crippen molar-refractivity contribution in [2.24, 2.45) is 0 Å². The summed E-state index contributed by atoms with van der Waals surface area (Å²) < 4.78 is 35.6. The van der Waals surface area contributed by atoms with Crippen LogP contribution < -0.4 is 13.6 Å². The highest BCUT2D eigenvalue weighted by atomic mass is 31.2. The van der Waals surface area contributed by atoms with Gasteiger partial charge in [0.25, 0.3) is 0 Å². The number of phenolic OH excluding ortho intramolecular Hbond substituents is 6. The molecular formula is C54H39O10P. The highest BCUT2D eigenvalue weighted by molar-refractivity contribution is 7.49. The SMILES string of the molecule is O=P(Oc1ccc(-c2cccc(O)c2)cc1-c1cccc(O)c1)(Oc1ccc(-c2cccc(O)c2)cc1-c1cccc(O)c1)Oc1ccc(-c2cccc(O)c2)cc1-c1cccc(O)c1. The lowest BCUT2D eigenvalue weighted by Crippen LogP contribution is -2.09. The molecule has 0 aromatic heterocycles. The molecule has 0 radical (unpaired) electrons. The van der Waals surface area contributed by atoms with Crippen LogP contribution in [0.5, 0.6) is 51.7 Å². The lowest BCUT2D eigenvalue weighted by molar-refractivity contribution is 0.299. The smallest absolute Gasteiger partial charge is 0.508 e. The number of phosphoric ester groups is 1. The number of phosphoric acid groups is 1. The molecule has 0 atom stereocenters. The van der Waals surface area contributed by atoms with E-state index in [4.69, 9.17) is 13.6 Å². The molecule has 0 bridgehead atoms. The number of aromatic hydroxyl groups is 6. The fraction of sp³-hybridized carbons (Fsp3) is 0. The largest absolute Gasteiger partial charge is 0.647 e. The van der Waals surface area contributed by atoms with Crippen molar-refractivity contribution >= 4 is 7.82 Å². The third-order valence-electron chi connectivity index (χ3n) is 10.6. The Hall–Kier alpha value is -8.59. The molecular weight excluding hydrogens is 840 g/mol. The number of phenols is 6. The quantitative estimate of drug-likeness (QED) is 0.0650. The van der Waals surface area contributed by atoms with Gasteiger partial charge in [0.05, 0.1) is 0 Å².